The van der Waals surface area contributed by atoms with Gasteiger partial charge in [0.15, 0.2) is 0 Å². The molecule has 0 saturated heterocycles. The van der Waals surface area contributed by atoms with E-state index in [1.807, 2.05) is 0 Å². The first kappa shape index (κ1) is 19.9. The Morgan fingerprint density at radius 2 is 1.65 bits per heavy atom. The van der Waals surface area contributed by atoms with E-state index in [0.29, 0.717) is 28.4 Å². The number of carbonyl (C=O) groups is 2. The zero-order valence-electron chi connectivity index (χ0n) is 15.1. The zero-order chi connectivity index (χ0) is 18.9. The van der Waals surface area contributed by atoms with Crippen molar-refractivity contribution in [1.82, 2.24) is 5.32 Å². The van der Waals surface area contributed by atoms with Crippen molar-refractivity contribution in [2.24, 2.45) is 0 Å². The highest BCUT2D eigenvalue weighted by Crippen LogP contribution is 2.14. The minimum absolute atomic E-state index is 0.107. The van der Waals surface area contributed by atoms with Crippen molar-refractivity contribution in [2.75, 3.05) is 31.5 Å². The molecule has 2 rings (SSSR count). The number of carbonyl (C=O) groups excluding carboxylic acids is 2. The molecule has 0 unspecified atom stereocenters. The van der Waals surface area contributed by atoms with Crippen molar-refractivity contribution in [2.45, 2.75) is 13.8 Å². The fraction of sp³-hybridized carbons (Fsp3) is 0.300. The molecule has 6 heteroatoms. The van der Waals surface area contributed by atoms with Crippen LogP contribution in [0.3, 0.4) is 0 Å². The standard InChI is InChI=1S/C20H24ClN3O2/c1-3-24(4-2)13-12-22-19(25)15-8-10-18(11-9-15)23-20(26)16-6-5-7-17(21)14-16/h5-11,14H,3-4,12-13H2,1-2H3,(H,22,25)(H,23,26)/p+1. The number of hydrogen-bond acceptors (Lipinski definition) is 2. The van der Waals surface area contributed by atoms with Gasteiger partial charge in [0.2, 0.25) is 0 Å². The van der Waals surface area contributed by atoms with Gasteiger partial charge in [-0.25, -0.2) is 0 Å². The molecule has 2 aromatic rings. The SMILES string of the molecule is CC[NH+](CC)CCNC(=O)c1ccc(NC(=O)c2cccc(Cl)c2)cc1. The van der Waals surface area contributed by atoms with Crippen LogP contribution in [0, 0.1) is 0 Å². The van der Waals surface area contributed by atoms with E-state index in [1.54, 1.807) is 48.5 Å². The van der Waals surface area contributed by atoms with Crippen LogP contribution in [-0.4, -0.2) is 38.0 Å². The normalized spacial score (nSPS) is 10.6. The Labute approximate surface area is 159 Å². The molecule has 0 fully saturated rings. The maximum Gasteiger partial charge on any atom is 0.255 e. The molecule has 0 aliphatic heterocycles. The van der Waals surface area contributed by atoms with Crippen LogP contribution in [0.25, 0.3) is 0 Å². The number of rotatable bonds is 8. The minimum atomic E-state index is -0.244. The van der Waals surface area contributed by atoms with Gasteiger partial charge in [0.1, 0.15) is 0 Å². The van der Waals surface area contributed by atoms with Crippen molar-refractivity contribution >= 4 is 29.1 Å². The van der Waals surface area contributed by atoms with Crippen LogP contribution in [0.4, 0.5) is 5.69 Å². The van der Waals surface area contributed by atoms with E-state index in [-0.39, 0.29) is 11.8 Å². The largest absolute Gasteiger partial charge is 0.346 e. The highest BCUT2D eigenvalue weighted by atomic mass is 35.5. The molecule has 0 aliphatic rings. The number of halogens is 1. The van der Waals surface area contributed by atoms with E-state index in [4.69, 9.17) is 11.6 Å². The van der Waals surface area contributed by atoms with Crippen LogP contribution in [0.5, 0.6) is 0 Å². The highest BCUT2D eigenvalue weighted by Gasteiger charge is 2.09. The Morgan fingerprint density at radius 3 is 2.27 bits per heavy atom. The molecule has 2 amide bonds. The van der Waals surface area contributed by atoms with Crippen LogP contribution in [0.2, 0.25) is 5.02 Å². The summed E-state index contributed by atoms with van der Waals surface area (Å²) in [5.74, 6) is -0.351. The van der Waals surface area contributed by atoms with E-state index in [1.165, 1.54) is 4.90 Å². The molecule has 2 aromatic carbocycles. The molecular weight excluding hydrogens is 350 g/mol. The number of amides is 2. The van der Waals surface area contributed by atoms with Crippen LogP contribution in [0.15, 0.2) is 48.5 Å². The Balaban J connectivity index is 1.89. The van der Waals surface area contributed by atoms with Gasteiger partial charge in [-0.1, -0.05) is 17.7 Å². The Hall–Kier alpha value is -2.37. The number of benzene rings is 2. The van der Waals surface area contributed by atoms with Crippen molar-refractivity contribution in [3.8, 4) is 0 Å². The summed E-state index contributed by atoms with van der Waals surface area (Å²) in [6.07, 6.45) is 0. The molecule has 3 N–H and O–H groups in total. The zero-order valence-corrected chi connectivity index (χ0v) is 15.9. The quantitative estimate of drug-likeness (QED) is 0.663. The minimum Gasteiger partial charge on any atom is -0.346 e. The summed E-state index contributed by atoms with van der Waals surface area (Å²) in [4.78, 5) is 25.8. The molecular formula is C20H25ClN3O2+. The Morgan fingerprint density at radius 1 is 0.962 bits per heavy atom. The smallest absolute Gasteiger partial charge is 0.255 e. The van der Waals surface area contributed by atoms with Gasteiger partial charge in [0.05, 0.1) is 26.2 Å². The van der Waals surface area contributed by atoms with E-state index in [0.717, 1.165) is 19.6 Å². The molecule has 138 valence electrons. The average Bonchev–Trinajstić information content (AvgIpc) is 2.65. The topological polar surface area (TPSA) is 62.6 Å². The third-order valence-corrected chi connectivity index (χ3v) is 4.49. The molecule has 0 spiro atoms. The summed E-state index contributed by atoms with van der Waals surface area (Å²) in [6, 6.07) is 13.6. The molecule has 0 aliphatic carbocycles. The average molecular weight is 375 g/mol. The van der Waals surface area contributed by atoms with Gasteiger partial charge in [-0.3, -0.25) is 9.59 Å². The fourth-order valence-corrected chi connectivity index (χ4v) is 2.79. The molecule has 26 heavy (non-hydrogen) atoms. The first-order chi connectivity index (χ1) is 12.5. The summed E-state index contributed by atoms with van der Waals surface area (Å²) in [5, 5.41) is 6.23. The molecule has 0 atom stereocenters. The third kappa shape index (κ3) is 5.86. The third-order valence-electron chi connectivity index (χ3n) is 4.26. The van der Waals surface area contributed by atoms with Gasteiger partial charge in [-0.05, 0) is 56.3 Å². The van der Waals surface area contributed by atoms with Crippen molar-refractivity contribution in [3.05, 3.63) is 64.7 Å². The van der Waals surface area contributed by atoms with Crippen molar-refractivity contribution < 1.29 is 14.5 Å². The van der Waals surface area contributed by atoms with Gasteiger partial charge < -0.3 is 15.5 Å². The monoisotopic (exact) mass is 374 g/mol. The molecule has 5 nitrogen and oxygen atoms in total. The van der Waals surface area contributed by atoms with E-state index >= 15 is 0 Å². The van der Waals surface area contributed by atoms with Crippen LogP contribution in [-0.2, 0) is 0 Å². The van der Waals surface area contributed by atoms with Crippen molar-refractivity contribution in [1.29, 1.82) is 0 Å². The van der Waals surface area contributed by atoms with E-state index in [9.17, 15) is 9.59 Å². The summed E-state index contributed by atoms with van der Waals surface area (Å²) in [6.45, 7) is 7.92. The first-order valence-electron chi connectivity index (χ1n) is 8.82. The summed E-state index contributed by atoms with van der Waals surface area (Å²) < 4.78 is 0. The second kappa shape index (κ2) is 9.94. The molecule has 0 radical (unpaired) electrons. The number of hydrogen-bond donors (Lipinski definition) is 3. The van der Waals surface area contributed by atoms with Gasteiger partial charge in [0, 0.05) is 21.8 Å². The summed E-state index contributed by atoms with van der Waals surface area (Å²) in [5.41, 5.74) is 1.68. The Kier molecular flexibility index (Phi) is 7.63. The summed E-state index contributed by atoms with van der Waals surface area (Å²) >= 11 is 5.90. The highest BCUT2D eigenvalue weighted by molar-refractivity contribution is 6.31. The predicted octanol–water partition coefficient (Wildman–Crippen LogP) is 2.25. The Bertz CT molecular complexity index is 743. The van der Waals surface area contributed by atoms with E-state index < -0.39 is 0 Å². The van der Waals surface area contributed by atoms with Crippen LogP contribution >= 0.6 is 11.6 Å². The van der Waals surface area contributed by atoms with Gasteiger partial charge in [-0.2, -0.15) is 0 Å². The number of anilines is 1. The lowest BCUT2D eigenvalue weighted by Gasteiger charge is -2.15. The fourth-order valence-electron chi connectivity index (χ4n) is 2.60. The maximum absolute atomic E-state index is 12.2. The predicted molar refractivity (Wildman–Crippen MR) is 105 cm³/mol. The lowest BCUT2D eigenvalue weighted by molar-refractivity contribution is -0.895. The van der Waals surface area contributed by atoms with Gasteiger partial charge in [0.25, 0.3) is 11.8 Å². The molecule has 0 bridgehead atoms. The molecule has 0 saturated carbocycles. The van der Waals surface area contributed by atoms with Gasteiger partial charge in [-0.15, -0.1) is 0 Å². The number of quaternary nitrogens is 1. The van der Waals surface area contributed by atoms with Crippen LogP contribution in [0.1, 0.15) is 34.6 Å². The number of likely N-dealkylation sites (N-methyl/N-ethyl adjacent to an activating group) is 1. The van der Waals surface area contributed by atoms with Gasteiger partial charge >= 0.3 is 0 Å². The van der Waals surface area contributed by atoms with E-state index in [2.05, 4.69) is 24.5 Å². The lowest BCUT2D eigenvalue weighted by Crippen LogP contribution is -3.12. The maximum atomic E-state index is 12.2. The lowest BCUT2D eigenvalue weighted by atomic mass is 10.1. The molecule has 0 heterocycles. The molecule has 0 aromatic heterocycles. The first-order valence-corrected chi connectivity index (χ1v) is 9.20. The second-order valence-corrected chi connectivity index (χ2v) is 6.44. The second-order valence-electron chi connectivity index (χ2n) is 6.00. The summed E-state index contributed by atoms with van der Waals surface area (Å²) in [7, 11) is 0. The van der Waals surface area contributed by atoms with Crippen molar-refractivity contribution in [3.63, 3.8) is 0 Å². The number of nitrogens with one attached hydrogen (secondary N) is 3. The van der Waals surface area contributed by atoms with Crippen LogP contribution < -0.4 is 15.5 Å².